The van der Waals surface area contributed by atoms with Crippen molar-refractivity contribution in [3.05, 3.63) is 64.7 Å². The van der Waals surface area contributed by atoms with Crippen molar-refractivity contribution in [2.45, 2.75) is 32.2 Å². The van der Waals surface area contributed by atoms with Crippen molar-refractivity contribution in [1.29, 1.82) is 0 Å². The number of hydrogen-bond acceptors (Lipinski definition) is 2. The predicted octanol–water partition coefficient (Wildman–Crippen LogP) is 3.87. The highest BCUT2D eigenvalue weighted by molar-refractivity contribution is 5.41. The highest BCUT2D eigenvalue weighted by Gasteiger charge is 2.27. The summed E-state index contributed by atoms with van der Waals surface area (Å²) < 4.78 is 5.73. The molecule has 0 saturated heterocycles. The van der Waals surface area contributed by atoms with Crippen LogP contribution in [0, 0.1) is 13.8 Å². The van der Waals surface area contributed by atoms with Crippen molar-refractivity contribution >= 4 is 0 Å². The Morgan fingerprint density at radius 1 is 1.10 bits per heavy atom. The first kappa shape index (κ1) is 13.2. The summed E-state index contributed by atoms with van der Waals surface area (Å²) >= 11 is 0. The molecular formula is C18H21NO. The molecule has 0 radical (unpaired) electrons. The van der Waals surface area contributed by atoms with Gasteiger partial charge in [0.25, 0.3) is 0 Å². The van der Waals surface area contributed by atoms with E-state index in [4.69, 9.17) is 10.5 Å². The number of fused-ring (bicyclic) bond motifs is 1. The van der Waals surface area contributed by atoms with Crippen molar-refractivity contribution in [1.82, 2.24) is 0 Å². The van der Waals surface area contributed by atoms with E-state index in [2.05, 4.69) is 44.2 Å². The molecule has 2 atom stereocenters. The first-order valence-electron chi connectivity index (χ1n) is 7.21. The molecule has 2 aromatic carbocycles. The molecule has 1 aliphatic heterocycles. The molecule has 3 rings (SSSR count). The third-order valence-corrected chi connectivity index (χ3v) is 4.35. The van der Waals surface area contributed by atoms with Gasteiger partial charge in [-0.1, -0.05) is 36.4 Å². The van der Waals surface area contributed by atoms with Gasteiger partial charge in [-0.3, -0.25) is 0 Å². The van der Waals surface area contributed by atoms with Gasteiger partial charge in [0.2, 0.25) is 0 Å². The summed E-state index contributed by atoms with van der Waals surface area (Å²) in [5, 5.41) is 0. The van der Waals surface area contributed by atoms with E-state index in [0.717, 1.165) is 18.8 Å². The van der Waals surface area contributed by atoms with E-state index < -0.39 is 0 Å². The van der Waals surface area contributed by atoms with Crippen LogP contribution in [-0.2, 0) is 0 Å². The van der Waals surface area contributed by atoms with E-state index in [1.54, 1.807) is 0 Å². The number of benzene rings is 2. The third-order valence-electron chi connectivity index (χ3n) is 4.35. The minimum Gasteiger partial charge on any atom is -0.493 e. The summed E-state index contributed by atoms with van der Waals surface area (Å²) in [6, 6.07) is 14.8. The molecule has 2 nitrogen and oxygen atoms in total. The van der Waals surface area contributed by atoms with E-state index in [9.17, 15) is 0 Å². The average molecular weight is 267 g/mol. The van der Waals surface area contributed by atoms with E-state index in [1.165, 1.54) is 22.3 Å². The van der Waals surface area contributed by atoms with Gasteiger partial charge in [-0.15, -0.1) is 0 Å². The summed E-state index contributed by atoms with van der Waals surface area (Å²) in [7, 11) is 0. The number of para-hydroxylation sites is 1. The minimum absolute atomic E-state index is 0.0272. The zero-order valence-corrected chi connectivity index (χ0v) is 12.1. The fourth-order valence-corrected chi connectivity index (χ4v) is 2.95. The molecular weight excluding hydrogens is 246 g/mol. The van der Waals surface area contributed by atoms with Gasteiger partial charge in [-0.25, -0.2) is 0 Å². The number of rotatable bonds is 2. The number of hydrogen-bond donors (Lipinski definition) is 1. The van der Waals surface area contributed by atoms with Crippen LogP contribution in [0.4, 0.5) is 0 Å². The monoisotopic (exact) mass is 267 g/mol. The highest BCUT2D eigenvalue weighted by atomic mass is 16.5. The van der Waals surface area contributed by atoms with Crippen LogP contribution in [0.5, 0.6) is 5.75 Å². The molecule has 104 valence electrons. The molecule has 0 amide bonds. The van der Waals surface area contributed by atoms with Crippen molar-refractivity contribution in [3.63, 3.8) is 0 Å². The second-order valence-corrected chi connectivity index (χ2v) is 5.65. The second kappa shape index (κ2) is 5.29. The van der Waals surface area contributed by atoms with Crippen molar-refractivity contribution in [2.75, 3.05) is 6.61 Å². The van der Waals surface area contributed by atoms with Crippen LogP contribution in [0.2, 0.25) is 0 Å². The quantitative estimate of drug-likeness (QED) is 0.896. The van der Waals surface area contributed by atoms with E-state index in [0.29, 0.717) is 5.92 Å². The van der Waals surface area contributed by atoms with Gasteiger partial charge < -0.3 is 10.5 Å². The average Bonchev–Trinajstić information content (AvgIpc) is 2.49. The minimum atomic E-state index is 0.0272. The maximum atomic E-state index is 6.55. The summed E-state index contributed by atoms with van der Waals surface area (Å²) in [6.45, 7) is 5.03. The van der Waals surface area contributed by atoms with Gasteiger partial charge >= 0.3 is 0 Å². The Labute approximate surface area is 120 Å². The molecule has 2 N–H and O–H groups in total. The van der Waals surface area contributed by atoms with Crippen LogP contribution in [0.1, 0.15) is 40.6 Å². The fraction of sp³-hybridized carbons (Fsp3) is 0.333. The van der Waals surface area contributed by atoms with E-state index >= 15 is 0 Å². The third kappa shape index (κ3) is 2.32. The maximum absolute atomic E-state index is 6.55. The fourth-order valence-electron chi connectivity index (χ4n) is 2.95. The van der Waals surface area contributed by atoms with Gasteiger partial charge in [0.15, 0.2) is 0 Å². The van der Waals surface area contributed by atoms with Gasteiger partial charge in [0.05, 0.1) is 6.61 Å². The van der Waals surface area contributed by atoms with Gasteiger partial charge in [-0.2, -0.15) is 0 Å². The SMILES string of the molecule is Cc1ccc(C(N)C2CCOc3ccccc32)cc1C. The normalized spacial score (nSPS) is 19.1. The van der Waals surface area contributed by atoms with Crippen LogP contribution in [0.15, 0.2) is 42.5 Å². The molecule has 1 heterocycles. The second-order valence-electron chi connectivity index (χ2n) is 5.65. The summed E-state index contributed by atoms with van der Waals surface area (Å²) in [5.74, 6) is 1.32. The molecule has 0 fully saturated rings. The number of ether oxygens (including phenoxy) is 1. The number of aryl methyl sites for hydroxylation is 2. The molecule has 20 heavy (non-hydrogen) atoms. The maximum Gasteiger partial charge on any atom is 0.122 e. The molecule has 2 heteroatoms. The Kier molecular flexibility index (Phi) is 3.49. The Morgan fingerprint density at radius 2 is 1.90 bits per heavy atom. The van der Waals surface area contributed by atoms with Crippen molar-refractivity contribution < 1.29 is 4.74 Å². The molecule has 2 unspecified atom stereocenters. The zero-order chi connectivity index (χ0) is 14.1. The lowest BCUT2D eigenvalue weighted by Crippen LogP contribution is -2.25. The van der Waals surface area contributed by atoms with Gasteiger partial charge in [0, 0.05) is 12.0 Å². The molecule has 0 aromatic heterocycles. The van der Waals surface area contributed by atoms with Crippen LogP contribution >= 0.6 is 0 Å². The summed E-state index contributed by atoms with van der Waals surface area (Å²) in [4.78, 5) is 0. The smallest absolute Gasteiger partial charge is 0.122 e. The molecule has 0 spiro atoms. The standard InChI is InChI=1S/C18H21NO/c1-12-7-8-14(11-13(12)2)18(19)16-9-10-20-17-6-4-3-5-15(16)17/h3-8,11,16,18H,9-10,19H2,1-2H3. The van der Waals surface area contributed by atoms with Crippen LogP contribution in [0.3, 0.4) is 0 Å². The Morgan fingerprint density at radius 3 is 2.70 bits per heavy atom. The predicted molar refractivity (Wildman–Crippen MR) is 82.1 cm³/mol. The van der Waals surface area contributed by atoms with Crippen LogP contribution in [0.25, 0.3) is 0 Å². The van der Waals surface area contributed by atoms with Crippen molar-refractivity contribution in [2.24, 2.45) is 5.73 Å². The van der Waals surface area contributed by atoms with E-state index in [1.807, 2.05) is 12.1 Å². The van der Waals surface area contributed by atoms with Crippen LogP contribution in [-0.4, -0.2) is 6.61 Å². The van der Waals surface area contributed by atoms with Crippen molar-refractivity contribution in [3.8, 4) is 5.75 Å². The Bertz CT molecular complexity index is 621. The molecule has 2 aromatic rings. The van der Waals surface area contributed by atoms with Crippen LogP contribution < -0.4 is 10.5 Å². The summed E-state index contributed by atoms with van der Waals surface area (Å²) in [6.07, 6.45) is 0.977. The zero-order valence-electron chi connectivity index (χ0n) is 12.1. The van der Waals surface area contributed by atoms with Gasteiger partial charge in [0.1, 0.15) is 5.75 Å². The molecule has 0 saturated carbocycles. The lowest BCUT2D eigenvalue weighted by atomic mass is 9.83. The Hall–Kier alpha value is -1.80. The Balaban J connectivity index is 1.95. The van der Waals surface area contributed by atoms with Gasteiger partial charge in [-0.05, 0) is 48.6 Å². The van der Waals surface area contributed by atoms with E-state index in [-0.39, 0.29) is 6.04 Å². The largest absolute Gasteiger partial charge is 0.493 e. The first-order valence-corrected chi connectivity index (χ1v) is 7.21. The molecule has 0 bridgehead atoms. The summed E-state index contributed by atoms with van der Waals surface area (Å²) in [5.41, 5.74) is 11.6. The first-order chi connectivity index (χ1) is 9.66. The lowest BCUT2D eigenvalue weighted by Gasteiger charge is -2.30. The number of nitrogens with two attached hydrogens (primary N) is 1. The lowest BCUT2D eigenvalue weighted by molar-refractivity contribution is 0.255. The highest BCUT2D eigenvalue weighted by Crippen LogP contribution is 2.40. The molecule has 1 aliphatic rings. The molecule has 0 aliphatic carbocycles. The topological polar surface area (TPSA) is 35.2 Å².